The average molecular weight is 514 g/mol. The summed E-state index contributed by atoms with van der Waals surface area (Å²) in [5.74, 6) is 0. The Bertz CT molecular complexity index is 508. The van der Waals surface area contributed by atoms with Gasteiger partial charge >= 0.3 is 21.1 Å². The van der Waals surface area contributed by atoms with Gasteiger partial charge in [0.2, 0.25) is 0 Å². The maximum Gasteiger partial charge on any atom is 4.00 e. The number of rotatable bonds is 2. The molecule has 2 aromatic carbocycles. The zero-order chi connectivity index (χ0) is 16.5. The molecule has 0 spiro atoms. The summed E-state index contributed by atoms with van der Waals surface area (Å²) >= 11 is 0. The fourth-order valence-electron chi connectivity index (χ4n) is 3.31. The van der Waals surface area contributed by atoms with E-state index < -0.39 is 0 Å². The molecule has 2 nitrogen and oxygen atoms in total. The van der Waals surface area contributed by atoms with E-state index in [1.165, 1.54) is 49.7 Å². The zero-order valence-corrected chi connectivity index (χ0v) is 16.9. The summed E-state index contributed by atoms with van der Waals surface area (Å²) < 4.78 is 0. The van der Waals surface area contributed by atoms with Crippen molar-refractivity contribution in [3.63, 3.8) is 0 Å². The van der Waals surface area contributed by atoms with Crippen molar-refractivity contribution >= 4 is 0 Å². The summed E-state index contributed by atoms with van der Waals surface area (Å²) in [5.41, 5.74) is 2.52. The van der Waals surface area contributed by atoms with Crippen LogP contribution in [0, 0.1) is 12.1 Å². The van der Waals surface area contributed by atoms with E-state index in [1.54, 1.807) is 0 Å². The third-order valence-electron chi connectivity index (χ3n) is 4.65. The van der Waals surface area contributed by atoms with E-state index in [0.717, 1.165) is 13.1 Å². The molecule has 0 N–H and O–H groups in total. The molecule has 2 atom stereocenters. The van der Waals surface area contributed by atoms with Gasteiger partial charge in [-0.2, -0.15) is 71.8 Å². The fraction of sp³-hybridized carbons (Fsp3) is 0.455. The predicted octanol–water partition coefficient (Wildman–Crippen LogP) is 6.17. The van der Waals surface area contributed by atoms with Crippen LogP contribution >= 0.6 is 0 Å². The molecule has 0 saturated carbocycles. The van der Waals surface area contributed by atoms with Crippen LogP contribution in [0.5, 0.6) is 0 Å². The smallest absolute Gasteiger partial charge is 0.657 e. The van der Waals surface area contributed by atoms with Gasteiger partial charge in [0, 0.05) is 0 Å². The van der Waals surface area contributed by atoms with Crippen LogP contribution in [0.4, 0.5) is 0 Å². The topological polar surface area (TPSA) is 28.2 Å². The van der Waals surface area contributed by atoms with Gasteiger partial charge in [-0.1, -0.05) is 38.5 Å². The van der Waals surface area contributed by atoms with Gasteiger partial charge in [-0.3, -0.25) is 0 Å². The van der Waals surface area contributed by atoms with Gasteiger partial charge in [-0.05, 0) is 0 Å². The minimum absolute atomic E-state index is 0. The molecule has 0 bridgehead atoms. The van der Waals surface area contributed by atoms with E-state index in [-0.39, 0.29) is 21.1 Å². The maximum atomic E-state index is 4.57. The standard InChI is InChI=1S/2C11H13N.Pt/c2*1-2-6-10(7-3-1)11-8-4-5-9-12-11;/h2*1-3,6,11H,4-5,8-9H2;/q2*-2;+4. The first-order valence-electron chi connectivity index (χ1n) is 9.20. The Hall–Kier alpha value is -0.952. The Labute approximate surface area is 167 Å². The molecule has 0 aliphatic carbocycles. The Morgan fingerprint density at radius 1 is 0.680 bits per heavy atom. The van der Waals surface area contributed by atoms with Crippen LogP contribution in [0.25, 0.3) is 10.6 Å². The summed E-state index contributed by atoms with van der Waals surface area (Å²) in [6.07, 6.45) is 7.58. The molecule has 2 heterocycles. The number of benzene rings is 2. The molecule has 0 aromatic heterocycles. The summed E-state index contributed by atoms with van der Waals surface area (Å²) in [6.45, 7) is 2.07. The van der Waals surface area contributed by atoms with E-state index in [1.807, 2.05) is 24.3 Å². The monoisotopic (exact) mass is 513 g/mol. The van der Waals surface area contributed by atoms with E-state index in [2.05, 4.69) is 47.0 Å². The van der Waals surface area contributed by atoms with Crippen molar-refractivity contribution in [2.75, 3.05) is 13.1 Å². The molecule has 0 radical (unpaired) electrons. The van der Waals surface area contributed by atoms with E-state index in [4.69, 9.17) is 0 Å². The van der Waals surface area contributed by atoms with Gasteiger partial charge in [0.1, 0.15) is 0 Å². The number of hydrogen-bond acceptors (Lipinski definition) is 0. The van der Waals surface area contributed by atoms with Gasteiger partial charge in [-0.25, -0.2) is 0 Å². The molecule has 2 aromatic rings. The molecule has 134 valence electrons. The molecule has 2 saturated heterocycles. The van der Waals surface area contributed by atoms with Crippen LogP contribution in [0.3, 0.4) is 0 Å². The van der Waals surface area contributed by atoms with Crippen molar-refractivity contribution in [2.45, 2.75) is 50.6 Å². The molecule has 2 aliphatic rings. The third kappa shape index (κ3) is 6.70. The average Bonchev–Trinajstić information content (AvgIpc) is 2.71. The minimum atomic E-state index is 0. The fourth-order valence-corrected chi connectivity index (χ4v) is 3.31. The van der Waals surface area contributed by atoms with E-state index >= 15 is 0 Å². The van der Waals surface area contributed by atoms with Crippen LogP contribution in [0.1, 0.15) is 61.7 Å². The number of nitrogens with zero attached hydrogens (tertiary/aromatic N) is 2. The van der Waals surface area contributed by atoms with Crippen molar-refractivity contribution in [1.82, 2.24) is 0 Å². The Kier molecular flexibility index (Phi) is 9.47. The number of piperidine rings is 2. The van der Waals surface area contributed by atoms with Gasteiger partial charge in [0.15, 0.2) is 0 Å². The Morgan fingerprint density at radius 2 is 1.16 bits per heavy atom. The molecule has 4 rings (SSSR count). The summed E-state index contributed by atoms with van der Waals surface area (Å²) in [6, 6.07) is 23.7. The van der Waals surface area contributed by atoms with Crippen molar-refractivity contribution < 1.29 is 21.1 Å². The van der Waals surface area contributed by atoms with Crippen molar-refractivity contribution in [2.24, 2.45) is 0 Å². The normalized spacial score (nSPS) is 22.9. The van der Waals surface area contributed by atoms with Gasteiger partial charge in [0.25, 0.3) is 0 Å². The second-order valence-electron chi connectivity index (χ2n) is 6.47. The summed E-state index contributed by atoms with van der Waals surface area (Å²) in [7, 11) is 0. The first-order valence-corrected chi connectivity index (χ1v) is 9.20. The second-order valence-corrected chi connectivity index (χ2v) is 6.47. The molecule has 3 heteroatoms. The van der Waals surface area contributed by atoms with E-state index in [0.29, 0.717) is 12.1 Å². The molecule has 2 fully saturated rings. The van der Waals surface area contributed by atoms with Crippen molar-refractivity contribution in [1.29, 1.82) is 0 Å². The molecular weight excluding hydrogens is 487 g/mol. The number of hydrogen-bond donors (Lipinski definition) is 0. The quantitative estimate of drug-likeness (QED) is 0.430. The first kappa shape index (κ1) is 20.4. The predicted molar refractivity (Wildman–Crippen MR) is 100 cm³/mol. The molecule has 25 heavy (non-hydrogen) atoms. The maximum absolute atomic E-state index is 4.57. The van der Waals surface area contributed by atoms with Crippen LogP contribution in [0.2, 0.25) is 0 Å². The van der Waals surface area contributed by atoms with Crippen LogP contribution < -0.4 is 0 Å². The van der Waals surface area contributed by atoms with Crippen molar-refractivity contribution in [3.05, 3.63) is 82.4 Å². The largest absolute Gasteiger partial charge is 4.00 e. The Morgan fingerprint density at radius 3 is 1.48 bits per heavy atom. The van der Waals surface area contributed by atoms with Gasteiger partial charge in [-0.15, -0.1) is 25.2 Å². The summed E-state index contributed by atoms with van der Waals surface area (Å²) in [5, 5.41) is 9.14. The zero-order valence-electron chi connectivity index (χ0n) is 14.6. The molecule has 2 unspecified atom stereocenters. The van der Waals surface area contributed by atoms with Crippen LogP contribution in [-0.2, 0) is 21.1 Å². The van der Waals surface area contributed by atoms with Crippen molar-refractivity contribution in [3.8, 4) is 0 Å². The van der Waals surface area contributed by atoms with Gasteiger partial charge < -0.3 is 10.6 Å². The Balaban J connectivity index is 0.000000173. The second kappa shape index (κ2) is 11.6. The molecule has 0 amide bonds. The SMILES string of the molecule is [Pt+4].[c-]1ccccc1C1CCCC[N-]1.[c-]1ccccc1C1CCCC[N-]1. The van der Waals surface area contributed by atoms with Gasteiger partial charge in [0.05, 0.1) is 0 Å². The van der Waals surface area contributed by atoms with Crippen LogP contribution in [-0.4, -0.2) is 13.1 Å². The summed E-state index contributed by atoms with van der Waals surface area (Å²) in [4.78, 5) is 0. The molecular formula is C22H26N2Pt. The minimum Gasteiger partial charge on any atom is -0.657 e. The van der Waals surface area contributed by atoms with Crippen LogP contribution in [0.15, 0.2) is 48.5 Å². The third-order valence-corrected chi connectivity index (χ3v) is 4.65. The first-order chi connectivity index (χ1) is 11.9. The molecule has 2 aliphatic heterocycles. The van der Waals surface area contributed by atoms with E-state index in [9.17, 15) is 0 Å².